The molecule has 0 saturated carbocycles. The third kappa shape index (κ3) is 5.19. The van der Waals surface area contributed by atoms with Gasteiger partial charge in [0.2, 0.25) is 0 Å². The number of aromatic amines is 1. The maximum absolute atomic E-state index is 13.7. The number of H-pyrrole nitrogens is 1. The van der Waals surface area contributed by atoms with Crippen molar-refractivity contribution in [2.45, 2.75) is 54.1 Å². The predicted molar refractivity (Wildman–Crippen MR) is 151 cm³/mol. The molecule has 3 heterocycles. The van der Waals surface area contributed by atoms with Crippen LogP contribution < -0.4 is 11.2 Å². The van der Waals surface area contributed by atoms with Crippen molar-refractivity contribution < 1.29 is 0 Å². The molecule has 0 aliphatic carbocycles. The summed E-state index contributed by atoms with van der Waals surface area (Å²) in [4.78, 5) is 31.6. The lowest BCUT2D eigenvalue weighted by Gasteiger charge is -2.19. The smallest absolute Gasteiger partial charge is 0.318 e. The minimum absolute atomic E-state index is 0.0575. The van der Waals surface area contributed by atoms with E-state index in [-0.39, 0.29) is 22.6 Å². The highest BCUT2D eigenvalue weighted by atomic mass is 16.2. The molecule has 0 fully saturated rings. The summed E-state index contributed by atoms with van der Waals surface area (Å²) in [5.41, 5.74) is 4.18. The molecule has 0 saturated heterocycles. The molecule has 0 bridgehead atoms. The number of hydrogen-bond donors (Lipinski definition) is 1. The second-order valence-corrected chi connectivity index (χ2v) is 11.7. The predicted octanol–water partition coefficient (Wildman–Crippen LogP) is 4.04. The Morgan fingerprint density at radius 1 is 0.949 bits per heavy atom. The summed E-state index contributed by atoms with van der Waals surface area (Å²) in [7, 11) is 1.69. The van der Waals surface area contributed by atoms with E-state index in [1.165, 1.54) is 9.13 Å². The number of imidazole rings is 1. The zero-order valence-corrected chi connectivity index (χ0v) is 23.3. The van der Waals surface area contributed by atoms with Crippen LogP contribution in [-0.2, 0) is 26.6 Å². The van der Waals surface area contributed by atoms with Crippen LogP contribution >= 0.6 is 0 Å². The third-order valence-electron chi connectivity index (χ3n) is 6.68. The number of nitrogens with zero attached hydrogens (tertiary/aromatic N) is 7. The summed E-state index contributed by atoms with van der Waals surface area (Å²) in [5.74, 6) is 1.55. The van der Waals surface area contributed by atoms with Gasteiger partial charge in [-0.25, -0.2) is 14.9 Å². The topological polar surface area (TPSA) is 116 Å². The zero-order valence-electron chi connectivity index (χ0n) is 23.3. The van der Waals surface area contributed by atoms with Gasteiger partial charge in [0, 0.05) is 32.1 Å². The van der Waals surface area contributed by atoms with Crippen molar-refractivity contribution in [2.24, 2.45) is 18.4 Å². The summed E-state index contributed by atoms with van der Waals surface area (Å²) in [5, 5.41) is 14.3. The summed E-state index contributed by atoms with van der Waals surface area (Å²) in [6.45, 7) is 11.2. The fraction of sp³-hybridized carbons (Fsp3) is 0.379. The van der Waals surface area contributed by atoms with Crippen LogP contribution in [0.5, 0.6) is 0 Å². The minimum atomic E-state index is -0.335. The van der Waals surface area contributed by atoms with Gasteiger partial charge in [0.15, 0.2) is 17.0 Å². The average Bonchev–Trinajstić information content (AvgIpc) is 3.54. The fourth-order valence-corrected chi connectivity index (χ4v) is 4.91. The van der Waals surface area contributed by atoms with Gasteiger partial charge in [-0.3, -0.25) is 13.9 Å². The normalized spacial score (nSPS) is 12.1. The van der Waals surface area contributed by atoms with E-state index in [0.29, 0.717) is 36.5 Å². The van der Waals surface area contributed by atoms with Crippen molar-refractivity contribution in [2.75, 3.05) is 0 Å². The number of hydrogen-bond acceptors (Lipinski definition) is 6. The summed E-state index contributed by atoms with van der Waals surface area (Å²) in [6, 6.07) is 16.2. The summed E-state index contributed by atoms with van der Waals surface area (Å²) < 4.78 is 4.83. The molecule has 0 aliphatic rings. The molecular weight excluding hydrogens is 492 g/mol. The quantitative estimate of drug-likeness (QED) is 0.342. The molecule has 10 nitrogen and oxygen atoms in total. The molecule has 5 rings (SSSR count). The van der Waals surface area contributed by atoms with Gasteiger partial charge >= 0.3 is 5.69 Å². The van der Waals surface area contributed by atoms with Gasteiger partial charge in [0.25, 0.3) is 5.56 Å². The van der Waals surface area contributed by atoms with Crippen LogP contribution in [0.1, 0.15) is 46.0 Å². The van der Waals surface area contributed by atoms with E-state index in [2.05, 4.69) is 65.7 Å². The number of benzene rings is 2. The minimum Gasteiger partial charge on any atom is -0.318 e. The van der Waals surface area contributed by atoms with Crippen molar-refractivity contribution in [3.63, 3.8) is 0 Å². The first kappa shape index (κ1) is 26.3. The second kappa shape index (κ2) is 10.1. The van der Waals surface area contributed by atoms with Crippen LogP contribution in [0, 0.1) is 11.3 Å². The molecule has 0 unspecified atom stereocenters. The average molecular weight is 527 g/mol. The molecule has 39 heavy (non-hydrogen) atoms. The number of nitrogens with one attached hydrogen (secondary N) is 1. The third-order valence-corrected chi connectivity index (χ3v) is 6.68. The highest BCUT2D eigenvalue weighted by Gasteiger charge is 2.24. The Bertz CT molecular complexity index is 1730. The Labute approximate surface area is 226 Å². The molecule has 0 amide bonds. The number of rotatable bonds is 7. The Kier molecular flexibility index (Phi) is 6.80. The molecule has 0 aliphatic heterocycles. The van der Waals surface area contributed by atoms with Gasteiger partial charge in [-0.2, -0.15) is 0 Å². The monoisotopic (exact) mass is 526 g/mol. The SMILES string of the molecule is CC(C)Cn1c(=O)c2c(nc(CC(C)(C)C)n2Cc2ccc(-c3ccccc3-c3nnn[nH]3)cc2)n(C)c1=O. The molecular formula is C29H34N8O2. The first-order valence-electron chi connectivity index (χ1n) is 13.1. The van der Waals surface area contributed by atoms with E-state index in [1.807, 2.05) is 42.7 Å². The van der Waals surface area contributed by atoms with Crippen LogP contribution in [0.25, 0.3) is 33.7 Å². The number of aryl methyl sites for hydroxylation is 1. The highest BCUT2D eigenvalue weighted by Crippen LogP contribution is 2.30. The molecule has 0 atom stereocenters. The van der Waals surface area contributed by atoms with Crippen LogP contribution in [0.4, 0.5) is 0 Å². The summed E-state index contributed by atoms with van der Waals surface area (Å²) in [6.07, 6.45) is 0.663. The Morgan fingerprint density at radius 2 is 1.64 bits per heavy atom. The fourth-order valence-electron chi connectivity index (χ4n) is 4.91. The Hall–Kier alpha value is -4.34. The van der Waals surface area contributed by atoms with Gasteiger partial charge in [-0.1, -0.05) is 83.1 Å². The Morgan fingerprint density at radius 3 is 2.26 bits per heavy atom. The summed E-state index contributed by atoms with van der Waals surface area (Å²) >= 11 is 0. The molecule has 0 radical (unpaired) electrons. The van der Waals surface area contributed by atoms with Crippen molar-refractivity contribution in [1.82, 2.24) is 39.3 Å². The van der Waals surface area contributed by atoms with Crippen molar-refractivity contribution in [1.29, 1.82) is 0 Å². The molecule has 202 valence electrons. The van der Waals surface area contributed by atoms with Gasteiger partial charge in [0.1, 0.15) is 5.82 Å². The largest absolute Gasteiger partial charge is 0.332 e. The maximum Gasteiger partial charge on any atom is 0.332 e. The van der Waals surface area contributed by atoms with E-state index < -0.39 is 0 Å². The molecule has 0 spiro atoms. The lowest BCUT2D eigenvalue weighted by Crippen LogP contribution is -2.40. The van der Waals surface area contributed by atoms with Crippen molar-refractivity contribution >= 4 is 11.2 Å². The van der Waals surface area contributed by atoms with Crippen LogP contribution in [0.2, 0.25) is 0 Å². The molecule has 3 aromatic heterocycles. The first-order valence-corrected chi connectivity index (χ1v) is 13.1. The van der Waals surface area contributed by atoms with Crippen molar-refractivity contribution in [3.05, 3.63) is 80.8 Å². The van der Waals surface area contributed by atoms with Crippen LogP contribution in [0.3, 0.4) is 0 Å². The van der Waals surface area contributed by atoms with Gasteiger partial charge < -0.3 is 4.57 Å². The van der Waals surface area contributed by atoms with Crippen LogP contribution in [0.15, 0.2) is 58.1 Å². The molecule has 5 aromatic rings. The molecule has 2 aromatic carbocycles. The van der Waals surface area contributed by atoms with E-state index >= 15 is 0 Å². The van der Waals surface area contributed by atoms with Gasteiger partial charge in [-0.05, 0) is 38.5 Å². The molecule has 1 N–H and O–H groups in total. The first-order chi connectivity index (χ1) is 18.5. The lowest BCUT2D eigenvalue weighted by molar-refractivity contribution is 0.394. The number of aromatic nitrogens is 8. The van der Waals surface area contributed by atoms with Gasteiger partial charge in [0.05, 0.1) is 0 Å². The standard InChI is InChI=1S/C29H34N8O2/c1-18(2)16-37-27(38)24-26(35(6)28(37)39)30-23(15-29(3,4)5)36(24)17-19-11-13-20(14-12-19)21-9-7-8-10-22(21)25-31-33-34-32-25/h7-14,18H,15-17H2,1-6H3,(H,31,32,33,34). The number of tetrazole rings is 1. The van der Waals surface area contributed by atoms with Crippen LogP contribution in [-0.4, -0.2) is 39.3 Å². The maximum atomic E-state index is 13.7. The highest BCUT2D eigenvalue weighted by molar-refractivity contribution is 5.80. The Balaban J connectivity index is 1.60. The second-order valence-electron chi connectivity index (χ2n) is 11.7. The van der Waals surface area contributed by atoms with Crippen molar-refractivity contribution in [3.8, 4) is 22.5 Å². The van der Waals surface area contributed by atoms with Gasteiger partial charge in [-0.15, -0.1) is 5.10 Å². The zero-order chi connectivity index (χ0) is 27.9. The lowest BCUT2D eigenvalue weighted by atomic mass is 9.92. The van der Waals surface area contributed by atoms with E-state index in [9.17, 15) is 9.59 Å². The van der Waals surface area contributed by atoms with E-state index in [4.69, 9.17) is 4.98 Å². The van der Waals surface area contributed by atoms with E-state index in [0.717, 1.165) is 28.1 Å². The molecule has 10 heteroatoms. The number of fused-ring (bicyclic) bond motifs is 1. The van der Waals surface area contributed by atoms with E-state index in [1.54, 1.807) is 7.05 Å².